The molecule has 0 spiro atoms. The number of Topliss-reactive ketones (excluding diaryl/α,β-unsaturated/α-hetero) is 1. The van der Waals surface area contributed by atoms with Crippen LogP contribution in [0.25, 0.3) is 0 Å². The SMILES string of the molecule is COc1ccc(C(CC(C)=O)C(F)(S(=O)(=O)c2ccccc2)S(=O)(=O)c2ccccc2)cc1. The van der Waals surface area contributed by atoms with Gasteiger partial charge < -0.3 is 9.53 Å². The molecule has 0 saturated carbocycles. The normalized spacial score (nSPS) is 13.3. The third-order valence-corrected chi connectivity index (χ3v) is 10.4. The van der Waals surface area contributed by atoms with Gasteiger partial charge in [0, 0.05) is 6.42 Å². The van der Waals surface area contributed by atoms with Crippen molar-refractivity contribution in [2.45, 2.75) is 33.4 Å². The summed E-state index contributed by atoms with van der Waals surface area (Å²) in [7, 11) is -8.89. The molecular weight excluding hydrogens is 467 g/mol. The lowest BCUT2D eigenvalue weighted by molar-refractivity contribution is -0.117. The second kappa shape index (κ2) is 9.44. The second-order valence-corrected chi connectivity index (χ2v) is 11.9. The molecule has 0 heterocycles. The van der Waals surface area contributed by atoms with Gasteiger partial charge in [0.1, 0.15) is 11.5 Å². The van der Waals surface area contributed by atoms with Gasteiger partial charge in [0.25, 0.3) is 0 Å². The first kappa shape index (κ1) is 24.6. The van der Waals surface area contributed by atoms with Gasteiger partial charge in [-0.3, -0.25) is 0 Å². The fourth-order valence-corrected chi connectivity index (χ4v) is 8.20. The van der Waals surface area contributed by atoms with Crippen molar-refractivity contribution in [2.75, 3.05) is 7.11 Å². The van der Waals surface area contributed by atoms with E-state index in [1.807, 2.05) is 0 Å². The molecule has 9 heteroatoms. The van der Waals surface area contributed by atoms with Gasteiger partial charge in [0.2, 0.25) is 19.7 Å². The van der Waals surface area contributed by atoms with Gasteiger partial charge in [0.05, 0.1) is 22.8 Å². The van der Waals surface area contributed by atoms with Crippen LogP contribution in [-0.4, -0.2) is 34.1 Å². The summed E-state index contributed by atoms with van der Waals surface area (Å²) in [6.07, 6.45) is -0.652. The fourth-order valence-electron chi connectivity index (χ4n) is 3.60. The molecule has 1 unspecified atom stereocenters. The first-order chi connectivity index (χ1) is 15.6. The van der Waals surface area contributed by atoms with Gasteiger partial charge in [0.15, 0.2) is 0 Å². The van der Waals surface area contributed by atoms with Crippen LogP contribution in [0.5, 0.6) is 5.75 Å². The van der Waals surface area contributed by atoms with Crippen LogP contribution in [0, 0.1) is 0 Å². The summed E-state index contributed by atoms with van der Waals surface area (Å²) in [6.45, 7) is 1.15. The summed E-state index contributed by atoms with van der Waals surface area (Å²) in [4.78, 5) is 11.1. The minimum atomic E-state index is -5.15. The van der Waals surface area contributed by atoms with E-state index in [-0.39, 0.29) is 5.56 Å². The molecule has 0 aromatic heterocycles. The Kier molecular flexibility index (Phi) is 7.04. The highest BCUT2D eigenvalue weighted by atomic mass is 32.3. The molecule has 1 atom stereocenters. The number of hydrogen-bond donors (Lipinski definition) is 0. The molecule has 174 valence electrons. The zero-order valence-electron chi connectivity index (χ0n) is 18.0. The van der Waals surface area contributed by atoms with Crippen LogP contribution in [0.3, 0.4) is 0 Å². The molecule has 0 aliphatic rings. The van der Waals surface area contributed by atoms with E-state index in [2.05, 4.69) is 0 Å². The first-order valence-electron chi connectivity index (χ1n) is 9.97. The van der Waals surface area contributed by atoms with Crippen LogP contribution >= 0.6 is 0 Å². The Hall–Kier alpha value is -3.04. The number of alkyl halides is 1. The molecule has 3 aromatic carbocycles. The smallest absolute Gasteiger partial charge is 0.324 e. The Balaban J connectivity index is 2.38. The number of rotatable bonds is 9. The molecule has 0 amide bonds. The van der Waals surface area contributed by atoms with E-state index < -0.39 is 51.9 Å². The number of ether oxygens (including phenoxy) is 1. The van der Waals surface area contributed by atoms with E-state index in [9.17, 15) is 21.6 Å². The van der Waals surface area contributed by atoms with Crippen LogP contribution in [0.2, 0.25) is 0 Å². The highest BCUT2D eigenvalue weighted by Crippen LogP contribution is 2.48. The van der Waals surface area contributed by atoms with E-state index in [0.717, 1.165) is 31.2 Å². The summed E-state index contributed by atoms with van der Waals surface area (Å²) in [5, 5.41) is 0. The van der Waals surface area contributed by atoms with Crippen LogP contribution in [0.1, 0.15) is 24.8 Å². The summed E-state index contributed by atoms with van der Waals surface area (Å²) in [5.74, 6) is -2.00. The van der Waals surface area contributed by atoms with Crippen molar-refractivity contribution < 1.29 is 30.8 Å². The van der Waals surface area contributed by atoms with Crippen molar-refractivity contribution in [3.8, 4) is 5.75 Å². The number of methoxy groups -OCH3 is 1. The van der Waals surface area contributed by atoms with Crippen molar-refractivity contribution in [1.82, 2.24) is 0 Å². The van der Waals surface area contributed by atoms with E-state index in [1.54, 1.807) is 0 Å². The molecule has 0 saturated heterocycles. The van der Waals surface area contributed by atoms with E-state index in [0.29, 0.717) is 5.75 Å². The topological polar surface area (TPSA) is 94.6 Å². The second-order valence-electron chi connectivity index (χ2n) is 7.45. The summed E-state index contributed by atoms with van der Waals surface area (Å²) < 4.78 is 73.3. The largest absolute Gasteiger partial charge is 0.497 e. The Bertz CT molecular complexity index is 1250. The van der Waals surface area contributed by atoms with Crippen LogP contribution < -0.4 is 4.74 Å². The standard InChI is InChI=1S/C24H23FO6S2/c1-18(26)17-23(19-13-15-20(31-2)16-14-19)24(25,32(27,28)21-9-5-3-6-10-21)33(29,30)22-11-7-4-8-12-22/h3-16,23H,17H2,1-2H3. The number of sulfone groups is 2. The Labute approximate surface area is 192 Å². The summed E-state index contributed by atoms with van der Waals surface area (Å²) in [5.41, 5.74) is 0.0347. The van der Waals surface area contributed by atoms with Crippen molar-refractivity contribution in [3.05, 3.63) is 90.5 Å². The number of carbonyl (C=O) groups excluding carboxylic acids is 1. The first-order valence-corrected chi connectivity index (χ1v) is 12.9. The Morgan fingerprint density at radius 2 is 1.24 bits per heavy atom. The highest BCUT2D eigenvalue weighted by Gasteiger charge is 2.63. The lowest BCUT2D eigenvalue weighted by Gasteiger charge is -2.33. The molecule has 33 heavy (non-hydrogen) atoms. The van der Waals surface area contributed by atoms with Gasteiger partial charge >= 0.3 is 4.33 Å². The van der Waals surface area contributed by atoms with Gasteiger partial charge in [-0.1, -0.05) is 48.5 Å². The van der Waals surface area contributed by atoms with Gasteiger partial charge in [-0.2, -0.15) is 0 Å². The molecule has 0 fully saturated rings. The molecule has 0 N–H and O–H groups in total. The van der Waals surface area contributed by atoms with E-state index in [4.69, 9.17) is 4.74 Å². The third kappa shape index (κ3) is 4.43. The third-order valence-electron chi connectivity index (χ3n) is 5.27. The van der Waals surface area contributed by atoms with Crippen molar-refractivity contribution in [3.63, 3.8) is 0 Å². The predicted molar refractivity (Wildman–Crippen MR) is 122 cm³/mol. The average Bonchev–Trinajstić information content (AvgIpc) is 2.83. The average molecular weight is 491 g/mol. The van der Waals surface area contributed by atoms with Crippen LogP contribution in [-0.2, 0) is 24.5 Å². The fraction of sp³-hybridized carbons (Fsp3) is 0.208. The van der Waals surface area contributed by atoms with E-state index >= 15 is 4.39 Å². The summed E-state index contributed by atoms with van der Waals surface area (Å²) >= 11 is 0. The molecule has 0 radical (unpaired) electrons. The maximum Gasteiger partial charge on any atom is 0.324 e. The minimum Gasteiger partial charge on any atom is -0.497 e. The molecular formula is C24H23FO6S2. The number of halogens is 1. The lowest BCUT2D eigenvalue weighted by Crippen LogP contribution is -2.48. The quantitative estimate of drug-likeness (QED) is 0.443. The highest BCUT2D eigenvalue weighted by molar-refractivity contribution is 8.10. The van der Waals surface area contributed by atoms with Crippen molar-refractivity contribution >= 4 is 25.5 Å². The van der Waals surface area contributed by atoms with Crippen LogP contribution in [0.15, 0.2) is 94.7 Å². The van der Waals surface area contributed by atoms with Crippen LogP contribution in [0.4, 0.5) is 4.39 Å². The monoisotopic (exact) mass is 490 g/mol. The minimum absolute atomic E-state index is 0.0347. The zero-order valence-corrected chi connectivity index (χ0v) is 19.6. The number of hydrogen-bond acceptors (Lipinski definition) is 6. The Morgan fingerprint density at radius 3 is 1.61 bits per heavy atom. The summed E-state index contributed by atoms with van der Waals surface area (Å²) in [6, 6.07) is 18.7. The molecule has 0 bridgehead atoms. The molecule has 3 aromatic rings. The number of carbonyl (C=O) groups is 1. The van der Waals surface area contributed by atoms with Crippen molar-refractivity contribution in [2.24, 2.45) is 0 Å². The maximum absolute atomic E-state index is 17.3. The maximum atomic E-state index is 17.3. The zero-order chi connectivity index (χ0) is 24.3. The number of benzene rings is 3. The molecule has 0 aliphatic heterocycles. The van der Waals surface area contributed by atoms with Gasteiger partial charge in [-0.15, -0.1) is 0 Å². The Morgan fingerprint density at radius 1 is 0.818 bits per heavy atom. The van der Waals surface area contributed by atoms with Gasteiger partial charge in [-0.05, 0) is 48.9 Å². The predicted octanol–water partition coefficient (Wildman–Crippen LogP) is 4.33. The van der Waals surface area contributed by atoms with Gasteiger partial charge in [-0.25, -0.2) is 21.2 Å². The van der Waals surface area contributed by atoms with Crippen molar-refractivity contribution in [1.29, 1.82) is 0 Å². The van der Waals surface area contributed by atoms with E-state index in [1.165, 1.54) is 67.8 Å². The lowest BCUT2D eigenvalue weighted by atomic mass is 9.94. The number of ketones is 1. The molecule has 6 nitrogen and oxygen atoms in total. The molecule has 0 aliphatic carbocycles. The molecule has 3 rings (SSSR count).